The Kier molecular flexibility index (Phi) is 2.00. The summed E-state index contributed by atoms with van der Waals surface area (Å²) in [5.41, 5.74) is 8.78. The first-order chi connectivity index (χ1) is 6.68. The number of hydrogen-bond acceptors (Lipinski definition) is 2. The molecule has 0 aliphatic heterocycles. The van der Waals surface area contributed by atoms with Crippen molar-refractivity contribution in [3.05, 3.63) is 41.9 Å². The van der Waals surface area contributed by atoms with Crippen LogP contribution in [0.2, 0.25) is 0 Å². The van der Waals surface area contributed by atoms with E-state index < -0.39 is 0 Å². The van der Waals surface area contributed by atoms with Gasteiger partial charge in [0.05, 0.1) is 0 Å². The predicted octanol–water partition coefficient (Wildman–Crippen LogP) is 2.07. The van der Waals surface area contributed by atoms with Crippen LogP contribution in [0, 0.1) is 13.8 Å². The molecule has 2 rings (SSSR count). The Balaban J connectivity index is 2.59. The van der Waals surface area contributed by atoms with E-state index in [-0.39, 0.29) is 0 Å². The topological polar surface area (TPSA) is 43.8 Å². The molecule has 0 spiro atoms. The van der Waals surface area contributed by atoms with E-state index in [0.717, 1.165) is 11.5 Å². The van der Waals surface area contributed by atoms with E-state index in [1.807, 2.05) is 6.07 Å². The molecule has 3 heteroatoms. The highest BCUT2D eigenvalue weighted by molar-refractivity contribution is 5.44. The molecule has 72 valence electrons. The highest BCUT2D eigenvalue weighted by Crippen LogP contribution is 2.15. The average molecular weight is 187 g/mol. The molecular weight excluding hydrogens is 174 g/mol. The third-order valence-electron chi connectivity index (χ3n) is 2.27. The van der Waals surface area contributed by atoms with Gasteiger partial charge in [-0.15, -0.1) is 0 Å². The first-order valence-electron chi connectivity index (χ1n) is 4.55. The molecule has 14 heavy (non-hydrogen) atoms. The smallest absolute Gasteiger partial charge is 0.139 e. The minimum atomic E-state index is 0.738. The van der Waals surface area contributed by atoms with Crippen LogP contribution in [0.3, 0.4) is 0 Å². The maximum atomic E-state index is 5.71. The van der Waals surface area contributed by atoms with Crippen molar-refractivity contribution in [2.75, 3.05) is 5.73 Å². The maximum absolute atomic E-state index is 5.71. The fourth-order valence-corrected chi connectivity index (χ4v) is 1.59. The Morgan fingerprint density at radius 2 is 1.79 bits per heavy atom. The fourth-order valence-electron chi connectivity index (χ4n) is 1.59. The van der Waals surface area contributed by atoms with Gasteiger partial charge in [0.2, 0.25) is 0 Å². The van der Waals surface area contributed by atoms with Crippen molar-refractivity contribution < 1.29 is 0 Å². The molecule has 0 bridgehead atoms. The highest BCUT2D eigenvalue weighted by Gasteiger charge is 2.04. The summed E-state index contributed by atoms with van der Waals surface area (Å²) in [5.74, 6) is 0.880. The van der Waals surface area contributed by atoms with Crippen molar-refractivity contribution in [1.82, 2.24) is 9.55 Å². The number of nitrogens with zero attached hydrogens (tertiary/aromatic N) is 2. The van der Waals surface area contributed by atoms with E-state index in [0.29, 0.717) is 0 Å². The monoisotopic (exact) mass is 187 g/mol. The molecule has 0 aliphatic carbocycles. The van der Waals surface area contributed by atoms with Crippen LogP contribution in [0.4, 0.5) is 5.69 Å². The number of anilines is 1. The van der Waals surface area contributed by atoms with Gasteiger partial charge in [0.1, 0.15) is 5.82 Å². The molecule has 0 unspecified atom stereocenters. The summed E-state index contributed by atoms with van der Waals surface area (Å²) in [6.07, 6.45) is 1.73. The lowest BCUT2D eigenvalue weighted by Gasteiger charge is -2.08. The van der Waals surface area contributed by atoms with Gasteiger partial charge >= 0.3 is 0 Å². The summed E-state index contributed by atoms with van der Waals surface area (Å²) in [5, 5.41) is 0. The van der Waals surface area contributed by atoms with Gasteiger partial charge in [-0.05, 0) is 32.0 Å². The van der Waals surface area contributed by atoms with Gasteiger partial charge in [0, 0.05) is 29.3 Å². The van der Waals surface area contributed by atoms with Crippen LogP contribution in [0.15, 0.2) is 30.5 Å². The SMILES string of the molecule is Cc1ccc(C)n1-c1cc(N)ccn1. The van der Waals surface area contributed by atoms with Crippen LogP contribution >= 0.6 is 0 Å². The first kappa shape index (κ1) is 8.81. The third kappa shape index (κ3) is 1.37. The van der Waals surface area contributed by atoms with Crippen molar-refractivity contribution in [3.63, 3.8) is 0 Å². The molecular formula is C11H13N3. The summed E-state index contributed by atoms with van der Waals surface area (Å²) in [6, 6.07) is 7.80. The molecule has 0 saturated heterocycles. The second kappa shape index (κ2) is 3.18. The van der Waals surface area contributed by atoms with Crippen molar-refractivity contribution >= 4 is 5.69 Å². The molecule has 0 aromatic carbocycles. The molecule has 0 atom stereocenters. The van der Waals surface area contributed by atoms with Gasteiger partial charge in [0.15, 0.2) is 0 Å². The zero-order valence-electron chi connectivity index (χ0n) is 8.36. The van der Waals surface area contributed by atoms with Crippen molar-refractivity contribution in [2.45, 2.75) is 13.8 Å². The van der Waals surface area contributed by atoms with Crippen LogP contribution < -0.4 is 5.73 Å². The van der Waals surface area contributed by atoms with Crippen LogP contribution in [-0.2, 0) is 0 Å². The summed E-state index contributed by atoms with van der Waals surface area (Å²) >= 11 is 0. The van der Waals surface area contributed by atoms with Crippen LogP contribution in [-0.4, -0.2) is 9.55 Å². The second-order valence-corrected chi connectivity index (χ2v) is 3.40. The lowest BCUT2D eigenvalue weighted by atomic mass is 10.4. The van der Waals surface area contributed by atoms with Gasteiger partial charge in [0.25, 0.3) is 0 Å². The first-order valence-corrected chi connectivity index (χ1v) is 4.55. The van der Waals surface area contributed by atoms with Gasteiger partial charge in [-0.25, -0.2) is 4.98 Å². The Labute approximate surface area is 83.2 Å². The Morgan fingerprint density at radius 3 is 2.36 bits per heavy atom. The number of pyridine rings is 1. The number of nitrogen functional groups attached to an aromatic ring is 1. The van der Waals surface area contributed by atoms with Gasteiger partial charge in [-0.1, -0.05) is 0 Å². The van der Waals surface area contributed by atoms with E-state index >= 15 is 0 Å². The summed E-state index contributed by atoms with van der Waals surface area (Å²) in [6.45, 7) is 4.11. The van der Waals surface area contributed by atoms with Gasteiger partial charge in [-0.2, -0.15) is 0 Å². The molecule has 2 aromatic rings. The van der Waals surface area contributed by atoms with E-state index in [9.17, 15) is 0 Å². The number of aryl methyl sites for hydroxylation is 2. The number of rotatable bonds is 1. The van der Waals surface area contributed by atoms with Crippen LogP contribution in [0.1, 0.15) is 11.4 Å². The molecule has 0 aliphatic rings. The summed E-state index contributed by atoms with van der Waals surface area (Å²) in [4.78, 5) is 4.29. The van der Waals surface area contributed by atoms with Crippen LogP contribution in [0.25, 0.3) is 5.82 Å². The molecule has 2 aromatic heterocycles. The zero-order valence-corrected chi connectivity index (χ0v) is 8.36. The predicted molar refractivity (Wildman–Crippen MR) is 57.5 cm³/mol. The average Bonchev–Trinajstić information content (AvgIpc) is 2.46. The minimum Gasteiger partial charge on any atom is -0.399 e. The second-order valence-electron chi connectivity index (χ2n) is 3.40. The molecule has 0 saturated carbocycles. The molecule has 0 fully saturated rings. The highest BCUT2D eigenvalue weighted by atomic mass is 15.1. The van der Waals surface area contributed by atoms with E-state index in [1.165, 1.54) is 11.4 Å². The quantitative estimate of drug-likeness (QED) is 0.742. The Bertz CT molecular complexity index is 438. The summed E-state index contributed by atoms with van der Waals surface area (Å²) < 4.78 is 2.08. The molecule has 3 nitrogen and oxygen atoms in total. The van der Waals surface area contributed by atoms with E-state index in [1.54, 1.807) is 12.3 Å². The molecule has 2 N–H and O–H groups in total. The number of aromatic nitrogens is 2. The lowest BCUT2D eigenvalue weighted by molar-refractivity contribution is 0.923. The van der Waals surface area contributed by atoms with Gasteiger partial charge in [-0.3, -0.25) is 0 Å². The maximum Gasteiger partial charge on any atom is 0.139 e. The van der Waals surface area contributed by atoms with E-state index in [4.69, 9.17) is 5.73 Å². The molecule has 0 radical (unpaired) electrons. The Hall–Kier alpha value is -1.77. The largest absolute Gasteiger partial charge is 0.399 e. The van der Waals surface area contributed by atoms with Crippen molar-refractivity contribution in [3.8, 4) is 5.82 Å². The van der Waals surface area contributed by atoms with Crippen molar-refractivity contribution in [1.29, 1.82) is 0 Å². The Morgan fingerprint density at radius 1 is 1.14 bits per heavy atom. The molecule has 2 heterocycles. The summed E-state index contributed by atoms with van der Waals surface area (Å²) in [7, 11) is 0. The molecule has 0 amide bonds. The third-order valence-corrected chi connectivity index (χ3v) is 2.27. The number of nitrogens with two attached hydrogens (primary N) is 1. The van der Waals surface area contributed by atoms with E-state index in [2.05, 4.69) is 35.5 Å². The minimum absolute atomic E-state index is 0.738. The number of hydrogen-bond donors (Lipinski definition) is 1. The fraction of sp³-hybridized carbons (Fsp3) is 0.182. The van der Waals surface area contributed by atoms with Gasteiger partial charge < -0.3 is 10.3 Å². The normalized spacial score (nSPS) is 10.4. The van der Waals surface area contributed by atoms with Crippen LogP contribution in [0.5, 0.6) is 0 Å². The lowest BCUT2D eigenvalue weighted by Crippen LogP contribution is -2.01. The standard InChI is InChI=1S/C11H13N3/c1-8-3-4-9(2)14(8)11-7-10(12)5-6-13-11/h3-7H,1-2H3,(H2,12,13). The zero-order chi connectivity index (χ0) is 10.1. The van der Waals surface area contributed by atoms with Crippen molar-refractivity contribution in [2.24, 2.45) is 0 Å².